The summed E-state index contributed by atoms with van der Waals surface area (Å²) in [5, 5.41) is 124. The van der Waals surface area contributed by atoms with E-state index in [1.54, 1.807) is 12.1 Å². The highest BCUT2D eigenvalue weighted by molar-refractivity contribution is 7.90. The first-order valence-corrected chi connectivity index (χ1v) is 28.2. The minimum Gasteiger partial charge on any atom is -0.504 e. The Hall–Kier alpha value is -7.07. The van der Waals surface area contributed by atoms with Crippen LogP contribution in [0.5, 0.6) is 11.5 Å². The number of phenolic OH excluding ortho intramolecular Hbond substituents is 1. The standard InChI is InChI=1S/C55H74N8O21S/c1-4-5-6-7-8-9-28-10-12-29(13-11-28)30-14-16-31(17-15-30)48(73)57-34-22-38(68)51(76)61-53(78)44-45(70)26(2)24-63(44)55(80)42(37(67)23-40(56)69)59-52(77)43(47(72)46(71)32-18-19-36(66)39(20-32)82-85-84-83-81)60-50(75)35-21-33(65)25-62(35)54(79)41(27(3)64)58-49(34)74/h10-20,26-27,33-35,37-38,41-47,51,64-68,70-72,76,81H,4-9,21-25H2,1-3H3,(H2,56,69)(H,57,73)(H,58,74)(H,59,77)(H,60,75)(H,61,78)/t26?,27?,33?,34-,35?,37?,38?,41?,42?,43?,44?,45?,46?,47?,51?/m0/s1. The molecule has 29 nitrogen and oxygen atoms in total. The van der Waals surface area contributed by atoms with Gasteiger partial charge in [0.1, 0.15) is 54.6 Å². The Morgan fingerprint density at radius 1 is 0.753 bits per heavy atom. The number of primary amides is 1. The van der Waals surface area contributed by atoms with Crippen LogP contribution in [0.4, 0.5) is 0 Å². The first-order chi connectivity index (χ1) is 40.3. The number of benzene rings is 3. The number of phenols is 1. The fraction of sp³-hybridized carbons (Fsp3) is 0.527. The van der Waals surface area contributed by atoms with E-state index < -0.39 is 182 Å². The van der Waals surface area contributed by atoms with Crippen LogP contribution in [0, 0.1) is 5.92 Å². The van der Waals surface area contributed by atoms with Gasteiger partial charge in [-0.25, -0.2) is 5.26 Å². The zero-order chi connectivity index (χ0) is 62.4. The Labute approximate surface area is 492 Å². The first-order valence-electron chi connectivity index (χ1n) is 27.5. The largest absolute Gasteiger partial charge is 0.504 e. The summed E-state index contributed by atoms with van der Waals surface area (Å²) in [7, 11) is 0. The molecule has 3 aliphatic rings. The molecule has 3 aliphatic heterocycles. The van der Waals surface area contributed by atoms with E-state index >= 15 is 0 Å². The molecule has 17 N–H and O–H groups in total. The molecule has 3 heterocycles. The third-order valence-electron chi connectivity index (χ3n) is 15.1. The first kappa shape index (κ1) is 67.1. The van der Waals surface area contributed by atoms with Gasteiger partial charge in [0, 0.05) is 37.4 Å². The summed E-state index contributed by atoms with van der Waals surface area (Å²) in [6.07, 6.45) is -12.9. The number of aromatic hydroxyl groups is 1. The number of fused-ring (bicyclic) bond motifs is 2. The molecule has 8 amide bonds. The molecule has 3 aromatic rings. The van der Waals surface area contributed by atoms with E-state index in [-0.39, 0.29) is 23.5 Å². The Bertz CT molecular complexity index is 2820. The van der Waals surface area contributed by atoms with Gasteiger partial charge in [0.2, 0.25) is 41.4 Å². The summed E-state index contributed by atoms with van der Waals surface area (Å²) >= 11 is -0.0305. The quantitative estimate of drug-likeness (QED) is 0.0242. The number of aryl methyl sites for hydroxylation is 1. The molecule has 3 fully saturated rings. The number of hydrogen-bond acceptors (Lipinski definition) is 22. The lowest BCUT2D eigenvalue weighted by Gasteiger charge is -2.34. The highest BCUT2D eigenvalue weighted by atomic mass is 32.2. The number of amides is 8. The highest BCUT2D eigenvalue weighted by Crippen LogP contribution is 2.34. The van der Waals surface area contributed by atoms with Crippen LogP contribution in [0.1, 0.15) is 99.7 Å². The topological polar surface area (TPSA) is 459 Å². The molecule has 30 heteroatoms. The van der Waals surface area contributed by atoms with Crippen molar-refractivity contribution in [3.8, 4) is 22.6 Å². The van der Waals surface area contributed by atoms with E-state index in [4.69, 9.17) is 15.2 Å². The maximum absolute atomic E-state index is 14.7. The molecule has 3 aromatic carbocycles. The number of unbranched alkanes of at least 4 members (excludes halogenated alkanes) is 4. The van der Waals surface area contributed by atoms with Gasteiger partial charge in [-0.05, 0) is 66.3 Å². The summed E-state index contributed by atoms with van der Waals surface area (Å²) in [5.74, 6) is -12.5. The number of carbonyl (C=O) groups is 8. The van der Waals surface area contributed by atoms with Crippen molar-refractivity contribution in [3.05, 3.63) is 83.4 Å². The maximum Gasteiger partial charge on any atom is 0.261 e. The lowest BCUT2D eigenvalue weighted by molar-refractivity contribution is -0.433. The second-order valence-electron chi connectivity index (χ2n) is 21.4. The third-order valence-corrected chi connectivity index (χ3v) is 15.4. The van der Waals surface area contributed by atoms with Crippen LogP contribution in [0.15, 0.2) is 66.7 Å². The lowest BCUT2D eigenvalue weighted by Crippen LogP contribution is -2.64. The summed E-state index contributed by atoms with van der Waals surface area (Å²) in [6.45, 7) is 3.41. The Kier molecular flexibility index (Phi) is 24.3. The van der Waals surface area contributed by atoms with Gasteiger partial charge in [-0.15, -0.1) is 0 Å². The van der Waals surface area contributed by atoms with Crippen molar-refractivity contribution in [2.45, 2.75) is 164 Å². The Morgan fingerprint density at radius 3 is 2.01 bits per heavy atom. The van der Waals surface area contributed by atoms with Crippen molar-refractivity contribution in [3.63, 3.8) is 0 Å². The summed E-state index contributed by atoms with van der Waals surface area (Å²) in [4.78, 5) is 115. The minimum absolute atomic E-state index is 0.00733. The zero-order valence-electron chi connectivity index (χ0n) is 46.6. The normalized spacial score (nSPS) is 27.0. The molecular weight excluding hydrogens is 1140 g/mol. The van der Waals surface area contributed by atoms with E-state index in [0.717, 1.165) is 61.9 Å². The van der Waals surface area contributed by atoms with E-state index in [2.05, 4.69) is 42.9 Å². The predicted octanol–water partition coefficient (Wildman–Crippen LogP) is -2.43. The van der Waals surface area contributed by atoms with Crippen LogP contribution in [0.2, 0.25) is 0 Å². The molecule has 3 saturated heterocycles. The number of rotatable bonds is 20. The number of aliphatic hydroxyl groups excluding tert-OH is 8. The summed E-state index contributed by atoms with van der Waals surface area (Å²) in [5.41, 5.74) is 7.74. The SMILES string of the molecule is CCCCCCCc1ccc(-c2ccc(C(=O)N[C@H]3CC(O)C(O)NC(=O)C4C(O)C(C)CN4C(=O)C(C(O)CC(N)=O)NC(=O)C(C(O)C(O)c4ccc(O)c(OSOOO)c4)NC(=O)C4CC(O)CN4C(=O)C(C(C)O)NC3=O)cc2)cc1. The van der Waals surface area contributed by atoms with Crippen LogP contribution < -0.4 is 36.5 Å². The predicted molar refractivity (Wildman–Crippen MR) is 297 cm³/mol. The smallest absolute Gasteiger partial charge is 0.261 e. The number of aliphatic hydroxyl groups is 8. The van der Waals surface area contributed by atoms with Gasteiger partial charge >= 0.3 is 0 Å². The van der Waals surface area contributed by atoms with Crippen molar-refractivity contribution in [1.82, 2.24) is 36.4 Å². The third kappa shape index (κ3) is 17.3. The number of nitrogens with one attached hydrogen (secondary N) is 5. The van der Waals surface area contributed by atoms with Gasteiger partial charge in [0.15, 0.2) is 17.7 Å². The van der Waals surface area contributed by atoms with Crippen molar-refractivity contribution in [1.29, 1.82) is 0 Å². The molecule has 0 radical (unpaired) electrons. The zero-order valence-corrected chi connectivity index (χ0v) is 47.4. The second kappa shape index (κ2) is 30.8. The molecule has 0 spiro atoms. The average molecular weight is 1220 g/mol. The Morgan fingerprint density at radius 2 is 1.38 bits per heavy atom. The number of nitrogens with two attached hydrogens (primary N) is 1. The van der Waals surface area contributed by atoms with Crippen LogP contribution >= 0.6 is 12.3 Å². The molecule has 0 aromatic heterocycles. The molecule has 85 heavy (non-hydrogen) atoms. The van der Waals surface area contributed by atoms with Crippen molar-refractivity contribution >= 4 is 59.6 Å². The fourth-order valence-electron chi connectivity index (χ4n) is 10.3. The average Bonchev–Trinajstić information content (AvgIpc) is 2.67. The van der Waals surface area contributed by atoms with Gasteiger partial charge in [0.25, 0.3) is 18.2 Å². The molecule has 0 bridgehead atoms. The van der Waals surface area contributed by atoms with Crippen molar-refractivity contribution in [2.75, 3.05) is 13.1 Å². The van der Waals surface area contributed by atoms with Crippen molar-refractivity contribution in [2.24, 2.45) is 11.7 Å². The summed E-state index contributed by atoms with van der Waals surface area (Å²) in [6, 6.07) is 4.32. The molecule has 0 aliphatic carbocycles. The van der Waals surface area contributed by atoms with E-state index in [0.29, 0.717) is 9.80 Å². The Balaban J connectivity index is 1.37. The lowest BCUT2D eigenvalue weighted by atomic mass is 9.96. The second-order valence-corrected chi connectivity index (χ2v) is 21.9. The van der Waals surface area contributed by atoms with Gasteiger partial charge in [-0.1, -0.05) is 91.4 Å². The number of carbonyl (C=O) groups excluding carboxylic acids is 8. The molecular formula is C55H74N8O21S. The van der Waals surface area contributed by atoms with Gasteiger partial charge in [-0.2, -0.15) is 0 Å². The van der Waals surface area contributed by atoms with Crippen LogP contribution in [0.25, 0.3) is 11.1 Å². The van der Waals surface area contributed by atoms with Crippen molar-refractivity contribution < 1.29 is 103 Å². The maximum atomic E-state index is 14.7. The highest BCUT2D eigenvalue weighted by Gasteiger charge is 2.51. The molecule has 15 atom stereocenters. The molecule has 6 rings (SSSR count). The molecule has 0 saturated carbocycles. The van der Waals surface area contributed by atoms with Gasteiger partial charge in [0.05, 0.1) is 30.8 Å². The minimum atomic E-state index is -2.55. The van der Waals surface area contributed by atoms with E-state index in [1.807, 2.05) is 24.3 Å². The number of hydrogen-bond donors (Lipinski definition) is 16. The molecule has 466 valence electrons. The van der Waals surface area contributed by atoms with Gasteiger partial charge < -0.3 is 92.3 Å². The van der Waals surface area contributed by atoms with E-state index in [9.17, 15) is 84.3 Å². The fourth-order valence-corrected chi connectivity index (χ4v) is 10.6. The number of nitrogens with zero attached hydrogens (tertiary/aromatic N) is 2. The molecule has 14 unspecified atom stereocenters. The van der Waals surface area contributed by atoms with Crippen LogP contribution in [-0.2, 0) is 49.4 Å². The monoisotopic (exact) mass is 1210 g/mol. The van der Waals surface area contributed by atoms with Crippen LogP contribution in [-0.4, -0.2) is 200 Å². The van der Waals surface area contributed by atoms with Gasteiger partial charge in [-0.3, -0.25) is 38.4 Å². The van der Waals surface area contributed by atoms with Crippen LogP contribution in [0.3, 0.4) is 0 Å². The summed E-state index contributed by atoms with van der Waals surface area (Å²) < 4.78 is 9.18. The van der Waals surface area contributed by atoms with E-state index in [1.165, 1.54) is 37.5 Å².